The van der Waals surface area contributed by atoms with Crippen LogP contribution in [0.5, 0.6) is 0 Å². The molecule has 45 heavy (non-hydrogen) atoms. The largest absolute Gasteiger partial charge is 0.481 e. The maximum atomic E-state index is 14.2. The van der Waals surface area contributed by atoms with Gasteiger partial charge in [0.2, 0.25) is 15.9 Å². The Hall–Kier alpha value is -2.44. The molecular formula is C26H28Cl2F5N5O5S2. The second-order valence-corrected chi connectivity index (χ2v) is 14.6. The van der Waals surface area contributed by atoms with E-state index in [4.69, 9.17) is 27.6 Å². The smallest absolute Gasteiger partial charge is 0.404 e. The Morgan fingerprint density at radius 3 is 2.51 bits per heavy atom. The molecule has 1 atom stereocenters. The number of halogens is 7. The number of likely N-dealkylation sites (tertiary alicyclic amines) is 1. The van der Waals surface area contributed by atoms with Gasteiger partial charge in [-0.15, -0.1) is 21.5 Å². The third kappa shape index (κ3) is 8.11. The number of carboxylic acids is 1. The third-order valence-corrected chi connectivity index (χ3v) is 10.7. The van der Waals surface area contributed by atoms with Crippen LogP contribution in [0.4, 0.5) is 22.0 Å². The quantitative estimate of drug-likeness (QED) is 0.208. The van der Waals surface area contributed by atoms with E-state index in [1.807, 2.05) is 0 Å². The topological polar surface area (TPSA) is 139 Å². The van der Waals surface area contributed by atoms with Gasteiger partial charge in [0.25, 0.3) is 11.8 Å². The normalized spacial score (nSPS) is 17.0. The molecule has 1 unspecified atom stereocenters. The van der Waals surface area contributed by atoms with Crippen molar-refractivity contribution in [2.45, 2.75) is 76.0 Å². The highest BCUT2D eigenvalue weighted by molar-refractivity contribution is 7.89. The second kappa shape index (κ2) is 13.0. The van der Waals surface area contributed by atoms with Gasteiger partial charge in [-0.25, -0.2) is 22.2 Å². The van der Waals surface area contributed by atoms with Crippen LogP contribution in [0.2, 0.25) is 10.0 Å². The molecule has 1 saturated heterocycles. The van der Waals surface area contributed by atoms with Crippen LogP contribution in [-0.4, -0.2) is 70.8 Å². The fourth-order valence-corrected chi connectivity index (χ4v) is 7.82. The summed E-state index contributed by atoms with van der Waals surface area (Å²) in [4.78, 5) is 17.1. The SMILES string of the molecule is CCC(NS(=O)(=O)c1ccc(-c2sc(-c3nnc(CC(C)(C)C(=O)O)o3)nc2CN2CCCC(F)(F)C2)c(Cl)c1Cl)C(F)(F)F. The van der Waals surface area contributed by atoms with E-state index < -0.39 is 62.4 Å². The highest BCUT2D eigenvalue weighted by Crippen LogP contribution is 2.44. The van der Waals surface area contributed by atoms with E-state index in [1.165, 1.54) is 31.7 Å². The first-order chi connectivity index (χ1) is 20.7. The molecule has 19 heteroatoms. The number of sulfonamides is 1. The van der Waals surface area contributed by atoms with Gasteiger partial charge in [0.15, 0.2) is 5.01 Å². The molecule has 3 aromatic rings. The number of nitrogens with zero attached hydrogens (tertiary/aromatic N) is 4. The first-order valence-corrected chi connectivity index (χ1v) is 16.5. The number of nitrogens with one attached hydrogen (secondary N) is 1. The van der Waals surface area contributed by atoms with Crippen LogP contribution in [0.25, 0.3) is 21.3 Å². The number of carboxylic acid groups (broad SMARTS) is 1. The standard InChI is InChI=1S/C26H28Cl2F5N5O5S2/c1-4-16(26(31,32)33)37-45(41,42)15-7-6-13(18(27)19(15)28)20-14(11-38-9-5-8-25(29,30)12-38)34-22(44-20)21-36-35-17(43-21)10-24(2,3)23(39)40/h6-7,16,37H,4-5,8-12H2,1-3H3,(H,39,40). The molecule has 0 radical (unpaired) electrons. The third-order valence-electron chi connectivity index (χ3n) is 7.05. The maximum Gasteiger partial charge on any atom is 0.404 e. The van der Waals surface area contributed by atoms with Gasteiger partial charge in [-0.3, -0.25) is 9.69 Å². The fourth-order valence-electron chi connectivity index (χ4n) is 4.57. The number of benzene rings is 1. The number of hydrogen-bond donors (Lipinski definition) is 2. The average molecular weight is 721 g/mol. The summed E-state index contributed by atoms with van der Waals surface area (Å²) in [5, 5.41) is 16.5. The lowest BCUT2D eigenvalue weighted by molar-refractivity contribution is -0.151. The molecule has 0 amide bonds. The number of rotatable bonds is 11. The molecule has 1 aliphatic heterocycles. The van der Waals surface area contributed by atoms with Crippen molar-refractivity contribution in [3.63, 3.8) is 0 Å². The number of aromatic nitrogens is 3. The first kappa shape index (κ1) is 35.4. The van der Waals surface area contributed by atoms with Crippen molar-refractivity contribution in [1.82, 2.24) is 24.8 Å². The van der Waals surface area contributed by atoms with E-state index in [9.17, 15) is 40.3 Å². The Kier molecular flexibility index (Phi) is 10.2. The summed E-state index contributed by atoms with van der Waals surface area (Å²) < 4.78 is 101. The molecule has 2 N–H and O–H groups in total. The van der Waals surface area contributed by atoms with Gasteiger partial charge < -0.3 is 9.52 Å². The minimum absolute atomic E-state index is 0.0127. The van der Waals surface area contributed by atoms with Crippen LogP contribution >= 0.6 is 34.5 Å². The van der Waals surface area contributed by atoms with E-state index >= 15 is 0 Å². The minimum atomic E-state index is -4.85. The zero-order valence-electron chi connectivity index (χ0n) is 24.0. The molecule has 1 fully saturated rings. The molecule has 0 spiro atoms. The van der Waals surface area contributed by atoms with Crippen molar-refractivity contribution in [3.05, 3.63) is 33.8 Å². The van der Waals surface area contributed by atoms with E-state index in [0.29, 0.717) is 6.54 Å². The van der Waals surface area contributed by atoms with Gasteiger partial charge in [0.05, 0.1) is 32.6 Å². The Bertz CT molecular complexity index is 1680. The Balaban J connectivity index is 1.75. The summed E-state index contributed by atoms with van der Waals surface area (Å²) in [6.45, 7) is 3.84. The highest BCUT2D eigenvalue weighted by Gasteiger charge is 2.42. The Morgan fingerprint density at radius 2 is 1.91 bits per heavy atom. The van der Waals surface area contributed by atoms with Crippen molar-refractivity contribution < 1.29 is 44.7 Å². The van der Waals surface area contributed by atoms with E-state index in [-0.39, 0.29) is 63.8 Å². The van der Waals surface area contributed by atoms with Crippen LogP contribution in [0.3, 0.4) is 0 Å². The van der Waals surface area contributed by atoms with E-state index in [2.05, 4.69) is 15.2 Å². The molecule has 10 nitrogen and oxygen atoms in total. The summed E-state index contributed by atoms with van der Waals surface area (Å²) in [5.74, 6) is -4.09. The summed E-state index contributed by atoms with van der Waals surface area (Å²) in [5.41, 5.74) is -0.841. The summed E-state index contributed by atoms with van der Waals surface area (Å²) in [6.07, 6.45) is -5.56. The molecule has 1 aliphatic rings. The zero-order chi connectivity index (χ0) is 33.5. The number of piperidine rings is 1. The van der Waals surface area contributed by atoms with E-state index in [1.54, 1.807) is 4.72 Å². The van der Waals surface area contributed by atoms with Crippen LogP contribution in [-0.2, 0) is 27.8 Å². The zero-order valence-corrected chi connectivity index (χ0v) is 27.2. The molecule has 1 aromatic carbocycles. The van der Waals surface area contributed by atoms with Crippen LogP contribution in [0.1, 0.15) is 51.6 Å². The molecule has 0 bridgehead atoms. The molecular weight excluding hydrogens is 692 g/mol. The minimum Gasteiger partial charge on any atom is -0.481 e. The number of thiazole rings is 1. The molecule has 248 valence electrons. The first-order valence-electron chi connectivity index (χ1n) is 13.5. The van der Waals surface area contributed by atoms with Crippen molar-refractivity contribution in [1.29, 1.82) is 0 Å². The fraction of sp³-hybridized carbons (Fsp3) is 0.538. The number of aliphatic carboxylic acids is 1. The maximum absolute atomic E-state index is 14.2. The molecule has 0 saturated carbocycles. The molecule has 3 heterocycles. The van der Waals surface area contributed by atoms with Gasteiger partial charge in [0, 0.05) is 24.9 Å². The predicted octanol–water partition coefficient (Wildman–Crippen LogP) is 6.67. The van der Waals surface area contributed by atoms with Gasteiger partial charge in [0.1, 0.15) is 10.9 Å². The molecule has 2 aromatic heterocycles. The van der Waals surface area contributed by atoms with Crippen LogP contribution in [0.15, 0.2) is 21.4 Å². The Morgan fingerprint density at radius 1 is 1.22 bits per heavy atom. The average Bonchev–Trinajstić information content (AvgIpc) is 3.54. The summed E-state index contributed by atoms with van der Waals surface area (Å²) in [6, 6.07) is -0.139. The lowest BCUT2D eigenvalue weighted by Crippen LogP contribution is -2.44. The monoisotopic (exact) mass is 719 g/mol. The molecule has 4 rings (SSSR count). The summed E-state index contributed by atoms with van der Waals surface area (Å²) in [7, 11) is -4.77. The Labute approximate surface area is 269 Å². The number of carbonyl (C=O) groups is 1. The van der Waals surface area contributed by atoms with Crippen molar-refractivity contribution in [2.24, 2.45) is 5.41 Å². The van der Waals surface area contributed by atoms with Gasteiger partial charge in [-0.2, -0.15) is 17.9 Å². The highest BCUT2D eigenvalue weighted by atomic mass is 35.5. The van der Waals surface area contributed by atoms with Crippen molar-refractivity contribution in [2.75, 3.05) is 13.1 Å². The lowest BCUT2D eigenvalue weighted by atomic mass is 9.90. The van der Waals surface area contributed by atoms with Crippen molar-refractivity contribution >= 4 is 50.5 Å². The predicted molar refractivity (Wildman–Crippen MR) is 156 cm³/mol. The van der Waals surface area contributed by atoms with Crippen molar-refractivity contribution in [3.8, 4) is 21.3 Å². The van der Waals surface area contributed by atoms with Crippen LogP contribution in [0, 0.1) is 5.41 Å². The van der Waals surface area contributed by atoms with Gasteiger partial charge >= 0.3 is 12.1 Å². The second-order valence-electron chi connectivity index (χ2n) is 11.2. The van der Waals surface area contributed by atoms with Crippen LogP contribution < -0.4 is 4.72 Å². The number of hydrogen-bond acceptors (Lipinski definition) is 9. The van der Waals surface area contributed by atoms with Gasteiger partial charge in [-0.1, -0.05) is 36.2 Å². The van der Waals surface area contributed by atoms with E-state index in [0.717, 1.165) is 17.4 Å². The number of alkyl halides is 5. The lowest BCUT2D eigenvalue weighted by Gasteiger charge is -2.32. The summed E-state index contributed by atoms with van der Waals surface area (Å²) >= 11 is 13.8. The molecule has 0 aliphatic carbocycles. The van der Waals surface area contributed by atoms with Gasteiger partial charge in [-0.05, 0) is 39.3 Å².